The number of hydrogen-bond acceptors (Lipinski definition) is 6. The number of carboxylic acid groups (broad SMARTS) is 1. The summed E-state index contributed by atoms with van der Waals surface area (Å²) in [5.74, 6) is -1.75. The van der Waals surface area contributed by atoms with Crippen molar-refractivity contribution >= 4 is 26.2 Å². The van der Waals surface area contributed by atoms with Gasteiger partial charge < -0.3 is 10.8 Å². The molecule has 1 rings (SSSR count). The summed E-state index contributed by atoms with van der Waals surface area (Å²) >= 11 is 0. The molecule has 124 valence electrons. The first kappa shape index (κ1) is 18.5. The summed E-state index contributed by atoms with van der Waals surface area (Å²) in [7, 11) is -8.53. The Balaban J connectivity index is 2.60. The lowest BCUT2D eigenvalue weighted by Gasteiger charge is -2.09. The van der Waals surface area contributed by atoms with E-state index in [2.05, 4.69) is 4.72 Å². The van der Waals surface area contributed by atoms with Crippen LogP contribution in [0.3, 0.4) is 0 Å². The van der Waals surface area contributed by atoms with E-state index in [1.807, 2.05) is 0 Å². The van der Waals surface area contributed by atoms with Gasteiger partial charge in [0.05, 0.1) is 10.6 Å². The van der Waals surface area contributed by atoms with Crippen molar-refractivity contribution in [3.63, 3.8) is 0 Å². The van der Waals surface area contributed by atoms with Gasteiger partial charge >= 0.3 is 16.2 Å². The zero-order chi connectivity index (χ0) is 17.0. The molecule has 0 amide bonds. The molecule has 0 saturated carbocycles. The minimum absolute atomic E-state index is 0.142. The van der Waals surface area contributed by atoms with Crippen LogP contribution in [0.5, 0.6) is 0 Å². The van der Waals surface area contributed by atoms with Gasteiger partial charge in [0.2, 0.25) is 10.0 Å². The Bertz CT molecular complexity index is 730. The van der Waals surface area contributed by atoms with Crippen LogP contribution in [0.25, 0.3) is 0 Å². The number of benzene rings is 1. The van der Waals surface area contributed by atoms with Crippen LogP contribution < -0.4 is 10.5 Å². The number of nitrogens with two attached hydrogens (primary N) is 1. The SMILES string of the molecule is N[C@@H](CCS(=O)(=O)NCc1ccc(S(=O)(=O)F)cc1)C(=O)O. The van der Waals surface area contributed by atoms with Crippen LogP contribution in [0.1, 0.15) is 12.0 Å². The topological polar surface area (TPSA) is 144 Å². The van der Waals surface area contributed by atoms with Gasteiger partial charge in [-0.1, -0.05) is 12.1 Å². The van der Waals surface area contributed by atoms with Crippen molar-refractivity contribution in [2.24, 2.45) is 5.73 Å². The van der Waals surface area contributed by atoms with Crippen molar-refractivity contribution in [1.29, 1.82) is 0 Å². The van der Waals surface area contributed by atoms with E-state index < -0.39 is 42.9 Å². The maximum Gasteiger partial charge on any atom is 0.332 e. The third-order valence-corrected chi connectivity index (χ3v) is 4.91. The molecule has 0 fully saturated rings. The monoisotopic (exact) mass is 354 g/mol. The van der Waals surface area contributed by atoms with Gasteiger partial charge in [-0.25, -0.2) is 13.1 Å². The highest BCUT2D eigenvalue weighted by Gasteiger charge is 2.17. The molecule has 11 heteroatoms. The third-order valence-electron chi connectivity index (χ3n) is 2.72. The fourth-order valence-corrected chi connectivity index (χ4v) is 3.00. The van der Waals surface area contributed by atoms with Crippen LogP contribution in [-0.2, 0) is 31.6 Å². The molecule has 1 atom stereocenters. The molecule has 0 heterocycles. The minimum Gasteiger partial charge on any atom is -0.480 e. The average Bonchev–Trinajstić information content (AvgIpc) is 2.42. The number of aliphatic carboxylic acids is 1. The second-order valence-corrected chi connectivity index (χ2v) is 7.73. The number of carbonyl (C=O) groups is 1. The molecule has 0 aromatic heterocycles. The molecule has 8 nitrogen and oxygen atoms in total. The highest BCUT2D eigenvalue weighted by molar-refractivity contribution is 7.89. The molecule has 0 spiro atoms. The van der Waals surface area contributed by atoms with Crippen molar-refractivity contribution < 1.29 is 30.6 Å². The summed E-state index contributed by atoms with van der Waals surface area (Å²) in [5.41, 5.74) is 5.62. The fraction of sp³-hybridized carbons (Fsp3) is 0.364. The number of sulfonamides is 1. The Morgan fingerprint density at radius 3 is 2.23 bits per heavy atom. The lowest BCUT2D eigenvalue weighted by molar-refractivity contribution is -0.138. The molecule has 0 saturated heterocycles. The standard InChI is InChI=1S/C11H15FN2O6S2/c12-22(19,20)9-3-1-8(2-4-9)7-14-21(17,18)6-5-10(13)11(15)16/h1-4,10,14H,5-7,13H2,(H,15,16)/t10-/m0/s1. The minimum atomic E-state index is -4.80. The van der Waals surface area contributed by atoms with Crippen molar-refractivity contribution in [1.82, 2.24) is 4.72 Å². The number of halogens is 1. The number of rotatable bonds is 8. The smallest absolute Gasteiger partial charge is 0.332 e. The summed E-state index contributed by atoms with van der Waals surface area (Å²) in [6.45, 7) is -0.142. The Morgan fingerprint density at radius 1 is 1.23 bits per heavy atom. The van der Waals surface area contributed by atoms with Crippen LogP contribution in [0, 0.1) is 0 Å². The van der Waals surface area contributed by atoms with Gasteiger partial charge in [-0.2, -0.15) is 8.42 Å². The summed E-state index contributed by atoms with van der Waals surface area (Å²) in [6, 6.07) is 3.28. The van der Waals surface area contributed by atoms with Gasteiger partial charge in [0.15, 0.2) is 0 Å². The zero-order valence-corrected chi connectivity index (χ0v) is 12.9. The van der Waals surface area contributed by atoms with Gasteiger partial charge in [-0.05, 0) is 24.1 Å². The normalized spacial score (nSPS) is 13.7. The Labute approximate surface area is 127 Å². The van der Waals surface area contributed by atoms with E-state index >= 15 is 0 Å². The number of carboxylic acids is 1. The molecular formula is C11H15FN2O6S2. The summed E-state index contributed by atoms with van der Waals surface area (Å²) < 4.78 is 59.4. The third kappa shape index (κ3) is 6.05. The first-order valence-corrected chi connectivity index (χ1v) is 9.04. The van der Waals surface area contributed by atoms with E-state index in [9.17, 15) is 25.5 Å². The molecular weight excluding hydrogens is 339 g/mol. The van der Waals surface area contributed by atoms with E-state index in [1.54, 1.807) is 0 Å². The molecule has 0 bridgehead atoms. The van der Waals surface area contributed by atoms with Gasteiger partial charge in [0.25, 0.3) is 0 Å². The van der Waals surface area contributed by atoms with Crippen LogP contribution in [0.15, 0.2) is 29.2 Å². The van der Waals surface area contributed by atoms with E-state index in [1.165, 1.54) is 12.1 Å². The van der Waals surface area contributed by atoms with Gasteiger partial charge in [0.1, 0.15) is 6.04 Å². The molecule has 22 heavy (non-hydrogen) atoms. The Hall–Kier alpha value is -1.56. The van der Waals surface area contributed by atoms with E-state index in [4.69, 9.17) is 10.8 Å². The summed E-state index contributed by atoms with van der Waals surface area (Å²) in [4.78, 5) is 9.97. The largest absolute Gasteiger partial charge is 0.480 e. The fourth-order valence-electron chi connectivity index (χ4n) is 1.44. The first-order chi connectivity index (χ1) is 10.0. The van der Waals surface area contributed by atoms with Crippen molar-refractivity contribution in [2.45, 2.75) is 23.9 Å². The quantitative estimate of drug-likeness (QED) is 0.537. The highest BCUT2D eigenvalue weighted by Crippen LogP contribution is 2.13. The lowest BCUT2D eigenvalue weighted by atomic mass is 10.2. The molecule has 0 aliphatic carbocycles. The maximum atomic E-state index is 12.7. The first-order valence-electron chi connectivity index (χ1n) is 6.00. The van der Waals surface area contributed by atoms with Crippen molar-refractivity contribution in [2.75, 3.05) is 5.75 Å². The van der Waals surface area contributed by atoms with Crippen LogP contribution >= 0.6 is 0 Å². The van der Waals surface area contributed by atoms with E-state index in [0.717, 1.165) is 12.1 Å². The van der Waals surface area contributed by atoms with Gasteiger partial charge in [-0.3, -0.25) is 4.79 Å². The van der Waals surface area contributed by atoms with Crippen molar-refractivity contribution in [3.05, 3.63) is 29.8 Å². The number of hydrogen-bond donors (Lipinski definition) is 3. The second-order valence-electron chi connectivity index (χ2n) is 4.46. The molecule has 0 aliphatic heterocycles. The molecule has 0 unspecified atom stereocenters. The lowest BCUT2D eigenvalue weighted by Crippen LogP contribution is -2.35. The predicted molar refractivity (Wildman–Crippen MR) is 75.6 cm³/mol. The Kier molecular flexibility index (Phi) is 6.00. The van der Waals surface area contributed by atoms with Crippen molar-refractivity contribution in [3.8, 4) is 0 Å². The summed E-state index contributed by atoms with van der Waals surface area (Å²) in [6.07, 6.45) is -0.246. The van der Waals surface area contributed by atoms with Crippen LogP contribution in [0.4, 0.5) is 3.89 Å². The molecule has 1 aromatic carbocycles. The second kappa shape index (κ2) is 7.13. The average molecular weight is 354 g/mol. The van der Waals surface area contributed by atoms with E-state index in [0.29, 0.717) is 5.56 Å². The summed E-state index contributed by atoms with van der Waals surface area (Å²) in [5, 5.41) is 8.56. The molecule has 0 aliphatic rings. The van der Waals surface area contributed by atoms with Gasteiger partial charge in [0, 0.05) is 6.54 Å². The number of nitrogens with one attached hydrogen (secondary N) is 1. The predicted octanol–water partition coefficient (Wildman–Crippen LogP) is -0.434. The molecule has 0 radical (unpaired) electrons. The maximum absolute atomic E-state index is 12.7. The van der Waals surface area contributed by atoms with Crippen LogP contribution in [-0.4, -0.2) is 39.7 Å². The van der Waals surface area contributed by atoms with Crippen LogP contribution in [0.2, 0.25) is 0 Å². The Morgan fingerprint density at radius 2 is 1.77 bits per heavy atom. The zero-order valence-electron chi connectivity index (χ0n) is 11.3. The molecule has 4 N–H and O–H groups in total. The highest BCUT2D eigenvalue weighted by atomic mass is 32.3. The van der Waals surface area contributed by atoms with E-state index in [-0.39, 0.29) is 13.0 Å². The molecule has 1 aromatic rings. The van der Waals surface area contributed by atoms with Gasteiger partial charge in [-0.15, -0.1) is 3.89 Å².